The van der Waals surface area contributed by atoms with E-state index in [1.807, 2.05) is 24.3 Å². The van der Waals surface area contributed by atoms with Crippen molar-refractivity contribution in [2.45, 2.75) is 51.3 Å². The summed E-state index contributed by atoms with van der Waals surface area (Å²) < 4.78 is 5.27. The van der Waals surface area contributed by atoms with Crippen LogP contribution in [0.15, 0.2) is 29.2 Å². The van der Waals surface area contributed by atoms with Crippen molar-refractivity contribution in [1.29, 1.82) is 0 Å². The second kappa shape index (κ2) is 9.61. The summed E-state index contributed by atoms with van der Waals surface area (Å²) in [7, 11) is 0. The van der Waals surface area contributed by atoms with Crippen LogP contribution in [0.5, 0.6) is 0 Å². The number of fused-ring (bicyclic) bond motifs is 1. The average Bonchev–Trinajstić information content (AvgIpc) is 3.00. The molecule has 1 aliphatic carbocycles. The van der Waals surface area contributed by atoms with Crippen molar-refractivity contribution in [1.82, 2.24) is 0 Å². The van der Waals surface area contributed by atoms with Gasteiger partial charge in [0.1, 0.15) is 5.00 Å². The molecule has 1 atom stereocenters. The number of esters is 1. The number of benzene rings is 1. The summed E-state index contributed by atoms with van der Waals surface area (Å²) >= 11 is 3.31. The van der Waals surface area contributed by atoms with Gasteiger partial charge in [0, 0.05) is 9.77 Å². The van der Waals surface area contributed by atoms with Crippen molar-refractivity contribution >= 4 is 40.0 Å². The zero-order valence-corrected chi connectivity index (χ0v) is 18.3. The predicted molar refractivity (Wildman–Crippen MR) is 117 cm³/mol. The number of rotatable bonds is 7. The maximum Gasteiger partial charge on any atom is 0.341 e. The molecule has 3 rings (SSSR count). The maximum atomic E-state index is 12.6. The molecule has 6 heteroatoms. The first-order chi connectivity index (χ1) is 13.5. The minimum atomic E-state index is -0.328. The molecule has 1 aliphatic rings. The number of hydrogen-bond acceptors (Lipinski definition) is 5. The largest absolute Gasteiger partial charge is 0.462 e. The van der Waals surface area contributed by atoms with Crippen molar-refractivity contribution < 1.29 is 14.3 Å². The number of thiophene rings is 1. The molecule has 1 N–H and O–H groups in total. The van der Waals surface area contributed by atoms with E-state index < -0.39 is 0 Å². The van der Waals surface area contributed by atoms with Crippen LogP contribution in [0.4, 0.5) is 5.00 Å². The number of amides is 1. The third kappa shape index (κ3) is 4.97. The monoisotopic (exact) mass is 417 g/mol. The molecule has 0 saturated heterocycles. The summed E-state index contributed by atoms with van der Waals surface area (Å²) in [5, 5.41) is 3.62. The van der Waals surface area contributed by atoms with Crippen LogP contribution in [0.25, 0.3) is 0 Å². The van der Waals surface area contributed by atoms with Crippen LogP contribution in [0, 0.1) is 5.92 Å². The molecule has 150 valence electrons. The SMILES string of the molecule is CCOC(=O)c1c(NC(=O)Cc2ccc(SCC)cc2)sc2c1CC[C@H](C)C2. The van der Waals surface area contributed by atoms with Gasteiger partial charge >= 0.3 is 5.97 Å². The van der Waals surface area contributed by atoms with E-state index in [2.05, 4.69) is 19.2 Å². The lowest BCUT2D eigenvalue weighted by molar-refractivity contribution is -0.115. The van der Waals surface area contributed by atoms with Crippen LogP contribution in [0.1, 0.15) is 53.6 Å². The van der Waals surface area contributed by atoms with Crippen LogP contribution < -0.4 is 5.32 Å². The number of nitrogens with one attached hydrogen (secondary N) is 1. The number of thioether (sulfide) groups is 1. The molecule has 0 bridgehead atoms. The highest BCUT2D eigenvalue weighted by atomic mass is 32.2. The highest BCUT2D eigenvalue weighted by molar-refractivity contribution is 7.99. The Morgan fingerprint density at radius 3 is 2.68 bits per heavy atom. The lowest BCUT2D eigenvalue weighted by Crippen LogP contribution is -2.17. The van der Waals surface area contributed by atoms with Crippen molar-refractivity contribution in [3.63, 3.8) is 0 Å². The quantitative estimate of drug-likeness (QED) is 0.488. The van der Waals surface area contributed by atoms with Gasteiger partial charge in [-0.3, -0.25) is 4.79 Å². The van der Waals surface area contributed by atoms with E-state index in [1.165, 1.54) is 21.1 Å². The lowest BCUT2D eigenvalue weighted by atomic mass is 9.88. The van der Waals surface area contributed by atoms with Gasteiger partial charge in [0.05, 0.1) is 18.6 Å². The first-order valence-electron chi connectivity index (χ1n) is 9.85. The molecule has 0 unspecified atom stereocenters. The van der Waals surface area contributed by atoms with Crippen molar-refractivity contribution in [3.8, 4) is 0 Å². The highest BCUT2D eigenvalue weighted by Crippen LogP contribution is 2.40. The predicted octanol–water partition coefficient (Wildman–Crippen LogP) is 5.34. The smallest absolute Gasteiger partial charge is 0.341 e. The molecular weight excluding hydrogens is 390 g/mol. The van der Waals surface area contributed by atoms with Crippen LogP contribution in [-0.4, -0.2) is 24.2 Å². The fourth-order valence-electron chi connectivity index (χ4n) is 3.48. The lowest BCUT2D eigenvalue weighted by Gasteiger charge is -2.18. The Morgan fingerprint density at radius 2 is 2.00 bits per heavy atom. The normalized spacial score (nSPS) is 15.8. The molecule has 1 aromatic carbocycles. The van der Waals surface area contributed by atoms with E-state index >= 15 is 0 Å². The number of hydrogen-bond donors (Lipinski definition) is 1. The number of carbonyl (C=O) groups excluding carboxylic acids is 2. The van der Waals surface area contributed by atoms with Crippen LogP contribution >= 0.6 is 23.1 Å². The van der Waals surface area contributed by atoms with E-state index in [4.69, 9.17) is 4.74 Å². The molecule has 2 aromatic rings. The average molecular weight is 418 g/mol. The minimum absolute atomic E-state index is 0.104. The number of anilines is 1. The molecule has 1 aromatic heterocycles. The number of carbonyl (C=O) groups is 2. The van der Waals surface area contributed by atoms with Gasteiger partial charge in [-0.25, -0.2) is 4.79 Å². The summed E-state index contributed by atoms with van der Waals surface area (Å²) in [4.78, 5) is 27.6. The van der Waals surface area contributed by atoms with Gasteiger partial charge in [-0.1, -0.05) is 26.0 Å². The molecule has 4 nitrogen and oxygen atoms in total. The van der Waals surface area contributed by atoms with Gasteiger partial charge in [-0.05, 0) is 61.1 Å². The molecular formula is C22H27NO3S2. The first-order valence-corrected chi connectivity index (χ1v) is 11.6. The Bertz CT molecular complexity index is 842. The van der Waals surface area contributed by atoms with Gasteiger partial charge in [-0.2, -0.15) is 0 Å². The zero-order chi connectivity index (χ0) is 20.1. The van der Waals surface area contributed by atoms with Gasteiger partial charge < -0.3 is 10.1 Å². The third-order valence-corrected chi connectivity index (χ3v) is 6.91. The Morgan fingerprint density at radius 1 is 1.25 bits per heavy atom. The fraction of sp³-hybridized carbons (Fsp3) is 0.455. The first kappa shape index (κ1) is 20.9. The van der Waals surface area contributed by atoms with E-state index in [-0.39, 0.29) is 18.3 Å². The summed E-state index contributed by atoms with van der Waals surface area (Å²) in [6, 6.07) is 8.08. The standard InChI is InChI=1S/C22H27NO3S2/c1-4-26-22(25)20-17-11-6-14(3)12-18(17)28-21(20)23-19(24)13-15-7-9-16(10-8-15)27-5-2/h7-10,14H,4-6,11-13H2,1-3H3,(H,23,24)/t14-/m0/s1. The second-order valence-corrected chi connectivity index (χ2v) is 9.52. The Kier molecular flexibility index (Phi) is 7.18. The van der Waals surface area contributed by atoms with Crippen molar-refractivity contribution in [2.75, 3.05) is 17.7 Å². The third-order valence-electron chi connectivity index (χ3n) is 4.84. The minimum Gasteiger partial charge on any atom is -0.462 e. The maximum absolute atomic E-state index is 12.6. The summed E-state index contributed by atoms with van der Waals surface area (Å²) in [5.74, 6) is 1.20. The fourth-order valence-corrected chi connectivity index (χ4v) is 5.56. The van der Waals surface area contributed by atoms with E-state index in [0.717, 1.165) is 36.1 Å². The Hall–Kier alpha value is -1.79. The summed E-state index contributed by atoms with van der Waals surface area (Å²) in [6.07, 6.45) is 3.18. The van der Waals surface area contributed by atoms with Gasteiger partial charge in [-0.15, -0.1) is 23.1 Å². The van der Waals surface area contributed by atoms with E-state index in [9.17, 15) is 9.59 Å². The van der Waals surface area contributed by atoms with Gasteiger partial charge in [0.15, 0.2) is 0 Å². The van der Waals surface area contributed by atoms with Crippen LogP contribution in [-0.2, 0) is 28.8 Å². The highest BCUT2D eigenvalue weighted by Gasteiger charge is 2.29. The molecule has 1 amide bonds. The van der Waals surface area contributed by atoms with Crippen molar-refractivity contribution in [3.05, 3.63) is 45.8 Å². The van der Waals surface area contributed by atoms with Crippen molar-refractivity contribution in [2.24, 2.45) is 5.92 Å². The molecule has 1 heterocycles. The van der Waals surface area contributed by atoms with E-state index in [0.29, 0.717) is 23.1 Å². The zero-order valence-electron chi connectivity index (χ0n) is 16.7. The Balaban J connectivity index is 1.77. The molecule has 0 fully saturated rings. The molecule has 0 aliphatic heterocycles. The molecule has 0 spiro atoms. The van der Waals surface area contributed by atoms with Gasteiger partial charge in [0.2, 0.25) is 5.91 Å². The van der Waals surface area contributed by atoms with Crippen LogP contribution in [0.2, 0.25) is 0 Å². The second-order valence-electron chi connectivity index (χ2n) is 7.08. The summed E-state index contributed by atoms with van der Waals surface area (Å²) in [5.41, 5.74) is 2.60. The van der Waals surface area contributed by atoms with Gasteiger partial charge in [0.25, 0.3) is 0 Å². The number of ether oxygens (including phenoxy) is 1. The summed E-state index contributed by atoms with van der Waals surface area (Å²) in [6.45, 7) is 6.48. The Labute approximate surface area is 175 Å². The van der Waals surface area contributed by atoms with E-state index in [1.54, 1.807) is 18.7 Å². The van der Waals surface area contributed by atoms with Crippen LogP contribution in [0.3, 0.4) is 0 Å². The topological polar surface area (TPSA) is 55.4 Å². The molecule has 0 saturated carbocycles. The molecule has 0 radical (unpaired) electrons. The molecule has 28 heavy (non-hydrogen) atoms.